The van der Waals surface area contributed by atoms with Crippen LogP contribution in [0.15, 0.2) is 205 Å². The van der Waals surface area contributed by atoms with Crippen LogP contribution in [0.4, 0.5) is 0 Å². The van der Waals surface area contributed by atoms with Gasteiger partial charge in [-0.3, -0.25) is 5.32 Å². The van der Waals surface area contributed by atoms with Crippen LogP contribution in [-0.2, 0) is 0 Å². The molecule has 0 amide bonds. The lowest BCUT2D eigenvalue weighted by atomic mass is 9.87. The van der Waals surface area contributed by atoms with Gasteiger partial charge in [-0.25, -0.2) is 0 Å². The molecule has 8 aromatic rings. The molecule has 3 heteroatoms. The lowest BCUT2D eigenvalue weighted by Crippen LogP contribution is -2.45. The molecule has 268 valence electrons. The van der Waals surface area contributed by atoms with Crippen LogP contribution in [-0.4, -0.2) is 6.04 Å². The highest BCUT2D eigenvalue weighted by Crippen LogP contribution is 2.41. The van der Waals surface area contributed by atoms with Crippen molar-refractivity contribution in [1.29, 1.82) is 0 Å². The van der Waals surface area contributed by atoms with Crippen LogP contribution < -0.4 is 10.6 Å². The highest BCUT2D eigenvalue weighted by molar-refractivity contribution is 6.08. The quantitative estimate of drug-likeness (QED) is 0.172. The standard InChI is InChI=1S/C53H40N2O/c1-34-14-9-10-19-42(34)43-30-29-41(37-17-7-4-8-18-37)32-47(43)35(2)40-28-31-45-50(33-40)56-49-23-13-21-46(51(45)49)53-54-48-22-12-11-20-44(48)52(55-53)39-26-24-38(25-27-39)36-15-5-3-6-16-36/h3-33,48,53-55H,2H2,1H3. The fourth-order valence-corrected chi connectivity index (χ4v) is 8.40. The summed E-state index contributed by atoms with van der Waals surface area (Å²) >= 11 is 0. The number of nitrogens with one attached hydrogen (secondary N) is 2. The predicted molar refractivity (Wildman–Crippen MR) is 234 cm³/mol. The van der Waals surface area contributed by atoms with E-state index >= 15 is 0 Å². The minimum atomic E-state index is -0.153. The maximum atomic E-state index is 6.68. The van der Waals surface area contributed by atoms with Gasteiger partial charge in [-0.2, -0.15) is 0 Å². The molecule has 0 saturated heterocycles. The smallest absolute Gasteiger partial charge is 0.136 e. The molecule has 2 N–H and O–H groups in total. The molecule has 1 aliphatic carbocycles. The van der Waals surface area contributed by atoms with E-state index in [1.807, 2.05) is 0 Å². The molecule has 2 atom stereocenters. The van der Waals surface area contributed by atoms with E-state index in [1.54, 1.807) is 0 Å². The van der Waals surface area contributed by atoms with Gasteiger partial charge in [0.1, 0.15) is 17.3 Å². The SMILES string of the molecule is C=C(c1ccc2c(c1)oc1cccc(C3NC(c4ccc(-c5ccccc5)cc4)=C4C=CC=CC4N3)c12)c1cc(-c2ccccc2)ccc1-c1ccccc1C. The molecular weight excluding hydrogens is 681 g/mol. The molecule has 10 rings (SSSR count). The van der Waals surface area contributed by atoms with Crippen molar-refractivity contribution in [2.75, 3.05) is 0 Å². The minimum Gasteiger partial charge on any atom is -0.456 e. The fraction of sp³-hybridized carbons (Fsp3) is 0.0566. The summed E-state index contributed by atoms with van der Waals surface area (Å²) < 4.78 is 6.68. The van der Waals surface area contributed by atoms with Gasteiger partial charge in [0.2, 0.25) is 0 Å². The number of fused-ring (bicyclic) bond motifs is 4. The molecule has 0 bridgehead atoms. The highest BCUT2D eigenvalue weighted by Gasteiger charge is 2.30. The molecule has 0 fully saturated rings. The Morgan fingerprint density at radius 2 is 1.29 bits per heavy atom. The van der Waals surface area contributed by atoms with Crippen LogP contribution in [0.1, 0.15) is 34.0 Å². The highest BCUT2D eigenvalue weighted by atomic mass is 16.3. The molecule has 3 nitrogen and oxygen atoms in total. The molecule has 1 aliphatic heterocycles. The van der Waals surface area contributed by atoms with E-state index in [-0.39, 0.29) is 12.2 Å². The summed E-state index contributed by atoms with van der Waals surface area (Å²) in [5, 5.41) is 9.99. The van der Waals surface area contributed by atoms with Crippen molar-refractivity contribution < 1.29 is 4.42 Å². The van der Waals surface area contributed by atoms with Gasteiger partial charge in [0.15, 0.2) is 0 Å². The Bertz CT molecular complexity index is 2870. The summed E-state index contributed by atoms with van der Waals surface area (Å²) in [4.78, 5) is 0. The predicted octanol–water partition coefficient (Wildman–Crippen LogP) is 13.1. The second-order valence-corrected chi connectivity index (χ2v) is 14.7. The van der Waals surface area contributed by atoms with Crippen LogP contribution in [0.2, 0.25) is 0 Å². The number of allylic oxidation sites excluding steroid dienone is 2. The second kappa shape index (κ2) is 14.0. The normalized spacial score (nSPS) is 16.2. The van der Waals surface area contributed by atoms with E-state index in [4.69, 9.17) is 11.0 Å². The van der Waals surface area contributed by atoms with Crippen molar-refractivity contribution >= 4 is 33.2 Å². The third-order valence-electron chi connectivity index (χ3n) is 11.3. The molecular formula is C53H40N2O. The number of rotatable bonds is 7. The van der Waals surface area contributed by atoms with Gasteiger partial charge >= 0.3 is 0 Å². The molecule has 1 aromatic heterocycles. The molecule has 0 radical (unpaired) electrons. The van der Waals surface area contributed by atoms with Crippen molar-refractivity contribution in [3.8, 4) is 33.4 Å². The van der Waals surface area contributed by atoms with Crippen molar-refractivity contribution in [3.63, 3.8) is 0 Å². The summed E-state index contributed by atoms with van der Waals surface area (Å²) in [5.74, 6) is 0. The molecule has 0 saturated carbocycles. The van der Waals surface area contributed by atoms with Crippen LogP contribution in [0, 0.1) is 6.92 Å². The van der Waals surface area contributed by atoms with Gasteiger partial charge < -0.3 is 9.73 Å². The average Bonchev–Trinajstić information content (AvgIpc) is 3.65. The molecule has 7 aromatic carbocycles. The molecule has 2 unspecified atom stereocenters. The van der Waals surface area contributed by atoms with Crippen LogP contribution in [0.3, 0.4) is 0 Å². The summed E-state index contributed by atoms with van der Waals surface area (Å²) in [6.45, 7) is 6.89. The van der Waals surface area contributed by atoms with Gasteiger partial charge in [-0.05, 0) is 98.0 Å². The Labute approximate surface area is 327 Å². The van der Waals surface area contributed by atoms with Crippen molar-refractivity contribution in [3.05, 3.63) is 228 Å². The maximum Gasteiger partial charge on any atom is 0.136 e. The van der Waals surface area contributed by atoms with Crippen LogP contribution in [0.25, 0.3) is 66.6 Å². The lowest BCUT2D eigenvalue weighted by molar-refractivity contribution is 0.462. The number of hydrogen-bond acceptors (Lipinski definition) is 3. The van der Waals surface area contributed by atoms with Gasteiger partial charge in [0.25, 0.3) is 0 Å². The largest absolute Gasteiger partial charge is 0.456 e. The molecule has 2 heterocycles. The summed E-state index contributed by atoms with van der Waals surface area (Å²) in [6.07, 6.45) is 8.54. The van der Waals surface area contributed by atoms with E-state index in [2.05, 4.69) is 206 Å². The first-order valence-electron chi connectivity index (χ1n) is 19.3. The Hall–Kier alpha value is -6.94. The zero-order valence-electron chi connectivity index (χ0n) is 31.2. The monoisotopic (exact) mass is 720 g/mol. The van der Waals surface area contributed by atoms with Crippen molar-refractivity contribution in [2.45, 2.75) is 19.1 Å². The number of furan rings is 1. The Morgan fingerprint density at radius 3 is 2.07 bits per heavy atom. The lowest BCUT2D eigenvalue weighted by Gasteiger charge is -2.36. The maximum absolute atomic E-state index is 6.68. The van der Waals surface area contributed by atoms with Crippen molar-refractivity contribution in [1.82, 2.24) is 10.6 Å². The van der Waals surface area contributed by atoms with Gasteiger partial charge in [-0.1, -0.05) is 170 Å². The molecule has 2 aliphatic rings. The average molecular weight is 721 g/mol. The van der Waals surface area contributed by atoms with Gasteiger partial charge in [0, 0.05) is 22.0 Å². The first-order valence-corrected chi connectivity index (χ1v) is 19.3. The summed E-state index contributed by atoms with van der Waals surface area (Å²) in [6, 6.07) is 58.3. The topological polar surface area (TPSA) is 37.2 Å². The third kappa shape index (κ3) is 5.99. The molecule has 0 spiro atoms. The first kappa shape index (κ1) is 33.6. The Morgan fingerprint density at radius 1 is 0.589 bits per heavy atom. The molecule has 56 heavy (non-hydrogen) atoms. The van der Waals surface area contributed by atoms with E-state index in [0.29, 0.717) is 0 Å². The first-order chi connectivity index (χ1) is 27.6. The second-order valence-electron chi connectivity index (χ2n) is 14.7. The van der Waals surface area contributed by atoms with Crippen LogP contribution in [0.5, 0.6) is 0 Å². The van der Waals surface area contributed by atoms with Gasteiger partial charge in [-0.15, -0.1) is 0 Å². The Balaban J connectivity index is 1.03. The zero-order valence-corrected chi connectivity index (χ0v) is 31.2. The summed E-state index contributed by atoms with van der Waals surface area (Å²) in [5.41, 5.74) is 17.8. The van der Waals surface area contributed by atoms with Gasteiger partial charge in [0.05, 0.1) is 6.04 Å². The van der Waals surface area contributed by atoms with Crippen molar-refractivity contribution in [2.24, 2.45) is 0 Å². The fourth-order valence-electron chi connectivity index (χ4n) is 8.40. The number of benzene rings is 7. The van der Waals surface area contributed by atoms with Crippen LogP contribution >= 0.6 is 0 Å². The summed E-state index contributed by atoms with van der Waals surface area (Å²) in [7, 11) is 0. The van der Waals surface area contributed by atoms with E-state index in [0.717, 1.165) is 61.0 Å². The number of hydrogen-bond donors (Lipinski definition) is 2. The zero-order chi connectivity index (χ0) is 37.6. The van der Waals surface area contributed by atoms with E-state index in [9.17, 15) is 0 Å². The number of aryl methyl sites for hydroxylation is 1. The van der Waals surface area contributed by atoms with E-state index < -0.39 is 0 Å². The minimum absolute atomic E-state index is 0.0625. The van der Waals surface area contributed by atoms with E-state index in [1.165, 1.54) is 39.0 Å². The Kier molecular flexibility index (Phi) is 8.43. The third-order valence-corrected chi connectivity index (χ3v) is 11.3.